The second kappa shape index (κ2) is 4.38. The van der Waals surface area contributed by atoms with Crippen LogP contribution in [0.15, 0.2) is 0 Å². The van der Waals surface area contributed by atoms with Crippen molar-refractivity contribution in [3.8, 4) is 0 Å². The van der Waals surface area contributed by atoms with Gasteiger partial charge in [0.05, 0.1) is 0 Å². The van der Waals surface area contributed by atoms with Crippen LogP contribution < -0.4 is 5.32 Å². The van der Waals surface area contributed by atoms with E-state index in [9.17, 15) is 4.79 Å². The number of nitrogens with one attached hydrogen (secondary N) is 1. The summed E-state index contributed by atoms with van der Waals surface area (Å²) in [5.41, 5.74) is 0. The van der Waals surface area contributed by atoms with Crippen LogP contribution in [-0.2, 0) is 4.79 Å². The first-order valence-corrected chi connectivity index (χ1v) is 6.85. The molecule has 1 unspecified atom stereocenters. The Morgan fingerprint density at radius 2 is 2.00 bits per heavy atom. The summed E-state index contributed by atoms with van der Waals surface area (Å²) in [5.74, 6) is 4.31. The van der Waals surface area contributed by atoms with Gasteiger partial charge in [-0.15, -0.1) is 0 Å². The summed E-state index contributed by atoms with van der Waals surface area (Å²) in [4.78, 5) is 12.0. The Morgan fingerprint density at radius 1 is 1.31 bits per heavy atom. The van der Waals surface area contributed by atoms with Crippen LogP contribution in [0.1, 0.15) is 40.5 Å². The molecule has 0 heterocycles. The minimum atomic E-state index is 0.317. The van der Waals surface area contributed by atoms with E-state index >= 15 is 0 Å². The molecule has 92 valence electrons. The summed E-state index contributed by atoms with van der Waals surface area (Å²) in [6.07, 6.45) is 2.65. The smallest absolute Gasteiger partial charge is 0.223 e. The number of rotatable bonds is 3. The number of amides is 1. The van der Waals surface area contributed by atoms with Crippen molar-refractivity contribution in [3.05, 3.63) is 0 Å². The predicted octanol–water partition coefficient (Wildman–Crippen LogP) is 2.69. The lowest BCUT2D eigenvalue weighted by Gasteiger charge is -2.28. The Balaban J connectivity index is 2.05. The predicted molar refractivity (Wildman–Crippen MR) is 65.9 cm³/mol. The molecule has 0 aromatic rings. The van der Waals surface area contributed by atoms with Gasteiger partial charge in [0.1, 0.15) is 0 Å². The van der Waals surface area contributed by atoms with Gasteiger partial charge >= 0.3 is 0 Å². The minimum absolute atomic E-state index is 0.317. The molecule has 2 aliphatic rings. The quantitative estimate of drug-likeness (QED) is 0.783. The second-order valence-corrected chi connectivity index (χ2v) is 6.04. The first kappa shape index (κ1) is 11.9. The zero-order chi connectivity index (χ0) is 11.9. The fraction of sp³-hybridized carbons (Fsp3) is 0.929. The van der Waals surface area contributed by atoms with Crippen molar-refractivity contribution in [1.82, 2.24) is 5.32 Å². The maximum atomic E-state index is 12.0. The molecule has 5 atom stereocenters. The van der Waals surface area contributed by atoms with E-state index in [0.29, 0.717) is 23.7 Å². The monoisotopic (exact) mass is 223 g/mol. The average Bonchev–Trinajstić information content (AvgIpc) is 2.94. The zero-order valence-electron chi connectivity index (χ0n) is 11.0. The van der Waals surface area contributed by atoms with E-state index in [4.69, 9.17) is 0 Å². The van der Waals surface area contributed by atoms with E-state index in [0.717, 1.165) is 24.3 Å². The van der Waals surface area contributed by atoms with E-state index < -0.39 is 0 Å². The fourth-order valence-electron chi connectivity index (χ4n) is 3.90. The highest BCUT2D eigenvalue weighted by molar-refractivity contribution is 5.82. The third-order valence-corrected chi connectivity index (χ3v) is 4.75. The van der Waals surface area contributed by atoms with Crippen molar-refractivity contribution >= 4 is 5.91 Å². The molecule has 2 rings (SSSR count). The molecule has 2 fully saturated rings. The molecule has 0 aliphatic heterocycles. The van der Waals surface area contributed by atoms with Crippen LogP contribution in [-0.4, -0.2) is 12.5 Å². The van der Waals surface area contributed by atoms with Crippen molar-refractivity contribution in [1.29, 1.82) is 0 Å². The third-order valence-electron chi connectivity index (χ3n) is 4.75. The number of fused-ring (bicyclic) bond motifs is 1. The van der Waals surface area contributed by atoms with Crippen molar-refractivity contribution in [2.45, 2.75) is 40.5 Å². The van der Waals surface area contributed by atoms with Gasteiger partial charge in [0.2, 0.25) is 5.91 Å². The molecule has 0 radical (unpaired) electrons. The van der Waals surface area contributed by atoms with Crippen LogP contribution >= 0.6 is 0 Å². The average molecular weight is 223 g/mol. The van der Waals surface area contributed by atoms with Crippen LogP contribution in [0.4, 0.5) is 0 Å². The molecule has 2 nitrogen and oxygen atoms in total. The number of hydrogen-bond acceptors (Lipinski definition) is 1. The Kier molecular flexibility index (Phi) is 3.27. The molecule has 2 saturated carbocycles. The summed E-state index contributed by atoms with van der Waals surface area (Å²) in [7, 11) is 0. The molecular weight excluding hydrogens is 198 g/mol. The lowest BCUT2D eigenvalue weighted by Crippen LogP contribution is -2.26. The highest BCUT2D eigenvalue weighted by atomic mass is 16.2. The Morgan fingerprint density at radius 3 is 2.56 bits per heavy atom. The second-order valence-electron chi connectivity index (χ2n) is 6.04. The Hall–Kier alpha value is -0.530. The van der Waals surface area contributed by atoms with Crippen molar-refractivity contribution in [3.63, 3.8) is 0 Å². The van der Waals surface area contributed by atoms with Crippen LogP contribution in [0.25, 0.3) is 0 Å². The van der Waals surface area contributed by atoms with Gasteiger partial charge in [-0.3, -0.25) is 4.79 Å². The standard InChI is InChI=1S/C14H25NO/c1-5-15-14(16)13-11-9(4)6-7-10(8(2)3)12(11)13/h8-13H,5-7H2,1-4H3,(H,15,16)/t9-,10+,11+,12-,13?/m1/s1. The van der Waals surface area contributed by atoms with Crippen LogP contribution in [0.5, 0.6) is 0 Å². The summed E-state index contributed by atoms with van der Waals surface area (Å²) in [5, 5.41) is 3.00. The SMILES string of the molecule is CCNC(=O)C1[C@@H]2[C@H]1[C@H](C(C)C)CC[C@H]2C. The molecule has 16 heavy (non-hydrogen) atoms. The van der Waals surface area contributed by atoms with Gasteiger partial charge in [0.25, 0.3) is 0 Å². The van der Waals surface area contributed by atoms with E-state index in [-0.39, 0.29) is 0 Å². The van der Waals surface area contributed by atoms with E-state index in [1.807, 2.05) is 6.92 Å². The number of carbonyl (C=O) groups excluding carboxylic acids is 1. The van der Waals surface area contributed by atoms with Gasteiger partial charge < -0.3 is 5.32 Å². The molecule has 2 heteroatoms. The largest absolute Gasteiger partial charge is 0.356 e. The van der Waals surface area contributed by atoms with Gasteiger partial charge in [-0.05, 0) is 42.9 Å². The molecule has 0 aromatic carbocycles. The van der Waals surface area contributed by atoms with Gasteiger partial charge in [-0.2, -0.15) is 0 Å². The Bertz CT molecular complexity index is 274. The minimum Gasteiger partial charge on any atom is -0.356 e. The number of hydrogen-bond donors (Lipinski definition) is 1. The summed E-state index contributed by atoms with van der Waals surface area (Å²) in [6, 6.07) is 0. The Labute approximate surface area is 99.2 Å². The molecule has 0 aromatic heterocycles. The topological polar surface area (TPSA) is 29.1 Å². The number of carbonyl (C=O) groups is 1. The lowest BCUT2D eigenvalue weighted by molar-refractivity contribution is -0.123. The fourth-order valence-corrected chi connectivity index (χ4v) is 3.90. The summed E-state index contributed by atoms with van der Waals surface area (Å²) in [6.45, 7) is 9.73. The summed E-state index contributed by atoms with van der Waals surface area (Å²) < 4.78 is 0. The molecule has 0 spiro atoms. The maximum absolute atomic E-state index is 12.0. The van der Waals surface area contributed by atoms with Crippen molar-refractivity contribution in [2.24, 2.45) is 35.5 Å². The van der Waals surface area contributed by atoms with Crippen molar-refractivity contribution < 1.29 is 4.79 Å². The van der Waals surface area contributed by atoms with Gasteiger partial charge in [-0.1, -0.05) is 27.2 Å². The maximum Gasteiger partial charge on any atom is 0.223 e. The molecule has 0 saturated heterocycles. The van der Waals surface area contributed by atoms with Gasteiger partial charge in [0, 0.05) is 12.5 Å². The first-order chi connectivity index (χ1) is 7.57. The van der Waals surface area contributed by atoms with Crippen LogP contribution in [0, 0.1) is 35.5 Å². The zero-order valence-corrected chi connectivity index (χ0v) is 11.0. The van der Waals surface area contributed by atoms with Crippen molar-refractivity contribution in [2.75, 3.05) is 6.54 Å². The first-order valence-electron chi connectivity index (χ1n) is 6.85. The molecule has 0 bridgehead atoms. The highest BCUT2D eigenvalue weighted by Crippen LogP contribution is 2.62. The lowest BCUT2D eigenvalue weighted by atomic mass is 9.77. The summed E-state index contributed by atoms with van der Waals surface area (Å²) >= 11 is 0. The van der Waals surface area contributed by atoms with Gasteiger partial charge in [-0.25, -0.2) is 0 Å². The van der Waals surface area contributed by atoms with Crippen LogP contribution in [0.2, 0.25) is 0 Å². The molecule has 1 amide bonds. The van der Waals surface area contributed by atoms with E-state index in [1.54, 1.807) is 0 Å². The normalized spacial score (nSPS) is 41.7. The third kappa shape index (κ3) is 1.87. The molecular formula is C14H25NO. The van der Waals surface area contributed by atoms with E-state index in [2.05, 4.69) is 26.1 Å². The van der Waals surface area contributed by atoms with Crippen LogP contribution in [0.3, 0.4) is 0 Å². The van der Waals surface area contributed by atoms with Gasteiger partial charge in [0.15, 0.2) is 0 Å². The molecule has 2 aliphatic carbocycles. The highest BCUT2D eigenvalue weighted by Gasteiger charge is 2.61. The molecule has 1 N–H and O–H groups in total. The van der Waals surface area contributed by atoms with E-state index in [1.165, 1.54) is 12.8 Å².